The van der Waals surface area contributed by atoms with Gasteiger partial charge in [0.1, 0.15) is 17.5 Å². The normalized spacial score (nSPS) is 19.0. The highest BCUT2D eigenvalue weighted by Gasteiger charge is 2.45. The van der Waals surface area contributed by atoms with E-state index in [9.17, 15) is 14.4 Å². The molecule has 2 aliphatic heterocycles. The molecule has 0 unspecified atom stereocenters. The Balaban J connectivity index is 1.44. The number of ether oxygens (including phenoxy) is 1. The number of fused-ring (bicyclic) bond motifs is 2. The molecule has 0 spiro atoms. The van der Waals surface area contributed by atoms with Gasteiger partial charge in [-0.3, -0.25) is 19.1 Å². The molecule has 0 bridgehead atoms. The van der Waals surface area contributed by atoms with Crippen molar-refractivity contribution in [3.8, 4) is 16.9 Å². The van der Waals surface area contributed by atoms with Crippen molar-refractivity contribution in [1.82, 2.24) is 20.0 Å². The summed E-state index contributed by atoms with van der Waals surface area (Å²) >= 11 is 6.20. The molecule has 0 saturated carbocycles. The Kier molecular flexibility index (Phi) is 5.72. The lowest BCUT2D eigenvalue weighted by Crippen LogP contribution is -2.51. The van der Waals surface area contributed by atoms with Gasteiger partial charge in [-0.05, 0) is 55.3 Å². The molecule has 9 nitrogen and oxygen atoms in total. The minimum Gasteiger partial charge on any atom is -0.496 e. The number of carbonyl (C=O) groups excluding carboxylic acids is 3. The SMILES string of the molecule is COc1ccc(Cl)cc1-c1ccc2c(c1)C(=O)N1CC[C@H](NC(=O)c3cc(C)n(C)n3)[C@H]1C(=O)N2. The molecule has 2 N–H and O–H groups in total. The Morgan fingerprint density at radius 3 is 2.69 bits per heavy atom. The van der Waals surface area contributed by atoms with Crippen LogP contribution in [0.4, 0.5) is 5.69 Å². The van der Waals surface area contributed by atoms with Crippen LogP contribution >= 0.6 is 11.6 Å². The number of aryl methyl sites for hydroxylation is 2. The van der Waals surface area contributed by atoms with Crippen LogP contribution in [-0.2, 0) is 11.8 Å². The molecule has 3 aromatic rings. The summed E-state index contributed by atoms with van der Waals surface area (Å²) in [6, 6.07) is 10.8. The lowest BCUT2D eigenvalue weighted by Gasteiger charge is -2.24. The molecule has 10 heteroatoms. The number of carbonyl (C=O) groups is 3. The minimum atomic E-state index is -0.826. The number of rotatable bonds is 4. The molecular formula is C25H24ClN5O4. The van der Waals surface area contributed by atoms with Crippen molar-refractivity contribution in [1.29, 1.82) is 0 Å². The molecule has 5 rings (SSSR count). The van der Waals surface area contributed by atoms with E-state index in [0.29, 0.717) is 35.0 Å². The van der Waals surface area contributed by atoms with Gasteiger partial charge in [-0.2, -0.15) is 5.10 Å². The van der Waals surface area contributed by atoms with E-state index in [1.165, 1.54) is 4.90 Å². The van der Waals surface area contributed by atoms with E-state index in [2.05, 4.69) is 15.7 Å². The Bertz CT molecular complexity index is 1350. The van der Waals surface area contributed by atoms with E-state index in [-0.39, 0.29) is 23.4 Å². The smallest absolute Gasteiger partial charge is 0.272 e. The maximum atomic E-state index is 13.6. The molecule has 0 aliphatic carbocycles. The molecule has 3 heterocycles. The Labute approximate surface area is 207 Å². The highest BCUT2D eigenvalue weighted by Crippen LogP contribution is 2.36. The van der Waals surface area contributed by atoms with Crippen LogP contribution < -0.4 is 15.4 Å². The average Bonchev–Trinajstić information content (AvgIpc) is 3.38. The predicted molar refractivity (Wildman–Crippen MR) is 131 cm³/mol. The molecule has 3 amide bonds. The Morgan fingerprint density at radius 1 is 1.17 bits per heavy atom. The lowest BCUT2D eigenvalue weighted by molar-refractivity contribution is -0.120. The number of methoxy groups -OCH3 is 1. The second-order valence-corrected chi connectivity index (χ2v) is 9.14. The van der Waals surface area contributed by atoms with Crippen LogP contribution in [0.15, 0.2) is 42.5 Å². The first-order valence-electron chi connectivity index (χ1n) is 11.2. The highest BCUT2D eigenvalue weighted by atomic mass is 35.5. The third-order valence-electron chi connectivity index (χ3n) is 6.57. The first kappa shape index (κ1) is 22.9. The third-order valence-corrected chi connectivity index (χ3v) is 6.81. The molecule has 180 valence electrons. The number of benzene rings is 2. The summed E-state index contributed by atoms with van der Waals surface area (Å²) < 4.78 is 7.07. The van der Waals surface area contributed by atoms with Gasteiger partial charge in [0.25, 0.3) is 11.8 Å². The minimum absolute atomic E-state index is 0.271. The second-order valence-electron chi connectivity index (χ2n) is 8.70. The fourth-order valence-corrected chi connectivity index (χ4v) is 4.85. The van der Waals surface area contributed by atoms with Crippen LogP contribution in [0.3, 0.4) is 0 Å². The van der Waals surface area contributed by atoms with Gasteiger partial charge in [0.2, 0.25) is 5.91 Å². The number of hydrogen-bond acceptors (Lipinski definition) is 5. The largest absolute Gasteiger partial charge is 0.496 e. The van der Waals surface area contributed by atoms with Crippen LogP contribution in [0.5, 0.6) is 5.75 Å². The number of amides is 3. The van der Waals surface area contributed by atoms with Crippen molar-refractivity contribution in [2.24, 2.45) is 7.05 Å². The van der Waals surface area contributed by atoms with E-state index in [0.717, 1.165) is 16.8 Å². The van der Waals surface area contributed by atoms with Crippen LogP contribution in [0.2, 0.25) is 5.02 Å². The van der Waals surface area contributed by atoms with E-state index in [4.69, 9.17) is 16.3 Å². The number of anilines is 1. The molecule has 0 radical (unpaired) electrons. The number of nitrogens with zero attached hydrogens (tertiary/aromatic N) is 3. The first-order chi connectivity index (χ1) is 16.8. The monoisotopic (exact) mass is 493 g/mol. The van der Waals surface area contributed by atoms with Crippen molar-refractivity contribution < 1.29 is 19.1 Å². The fourth-order valence-electron chi connectivity index (χ4n) is 4.67. The van der Waals surface area contributed by atoms with E-state index in [1.807, 2.05) is 6.92 Å². The molecular weight excluding hydrogens is 470 g/mol. The van der Waals surface area contributed by atoms with Crippen molar-refractivity contribution in [2.45, 2.75) is 25.4 Å². The van der Waals surface area contributed by atoms with Gasteiger partial charge in [-0.25, -0.2) is 0 Å². The van der Waals surface area contributed by atoms with Crippen molar-refractivity contribution in [2.75, 3.05) is 19.0 Å². The molecule has 2 aromatic carbocycles. The summed E-state index contributed by atoms with van der Waals surface area (Å²) in [5.41, 5.74) is 3.37. The standard InChI is InChI=1S/C25H24ClN5O4/c1-13-10-20(29-30(13)2)23(32)28-19-8-9-31-22(19)24(33)27-18-6-4-14(11-17(18)25(31)34)16-12-15(26)5-7-21(16)35-3/h4-7,10-12,19,22H,8-9H2,1-3H3,(H,27,33)(H,28,32)/t19-,22-/m0/s1. The number of nitrogens with one attached hydrogen (secondary N) is 2. The molecule has 2 aliphatic rings. The summed E-state index contributed by atoms with van der Waals surface area (Å²) in [5, 5.41) is 10.5. The maximum Gasteiger partial charge on any atom is 0.272 e. The zero-order chi connectivity index (χ0) is 24.9. The number of halogens is 1. The second kappa shape index (κ2) is 8.74. The van der Waals surface area contributed by atoms with Gasteiger partial charge in [-0.15, -0.1) is 0 Å². The van der Waals surface area contributed by atoms with E-state index in [1.54, 1.807) is 61.3 Å². The van der Waals surface area contributed by atoms with Crippen LogP contribution in [0.1, 0.15) is 33.0 Å². The number of aromatic nitrogens is 2. The summed E-state index contributed by atoms with van der Waals surface area (Å²) in [6.07, 6.45) is 0.457. The molecule has 2 atom stereocenters. The fraction of sp³-hybridized carbons (Fsp3) is 0.280. The first-order valence-corrected chi connectivity index (χ1v) is 11.6. The van der Waals surface area contributed by atoms with Gasteiger partial charge in [0, 0.05) is 29.9 Å². The van der Waals surface area contributed by atoms with Gasteiger partial charge >= 0.3 is 0 Å². The molecule has 1 fully saturated rings. The van der Waals surface area contributed by atoms with Crippen LogP contribution in [-0.4, -0.2) is 58.1 Å². The predicted octanol–water partition coefficient (Wildman–Crippen LogP) is 3.02. The molecule has 35 heavy (non-hydrogen) atoms. The van der Waals surface area contributed by atoms with Crippen molar-refractivity contribution in [3.63, 3.8) is 0 Å². The van der Waals surface area contributed by atoms with E-state index < -0.39 is 12.1 Å². The maximum absolute atomic E-state index is 13.6. The van der Waals surface area contributed by atoms with Gasteiger partial charge in [-0.1, -0.05) is 17.7 Å². The van der Waals surface area contributed by atoms with Gasteiger partial charge < -0.3 is 20.3 Å². The molecule has 1 saturated heterocycles. The summed E-state index contributed by atoms with van der Waals surface area (Å²) in [7, 11) is 3.32. The molecule has 1 aromatic heterocycles. The summed E-state index contributed by atoms with van der Waals surface area (Å²) in [4.78, 5) is 41.0. The highest BCUT2D eigenvalue weighted by molar-refractivity contribution is 6.31. The van der Waals surface area contributed by atoms with Crippen molar-refractivity contribution >= 4 is 35.0 Å². The van der Waals surface area contributed by atoms with Gasteiger partial charge in [0.05, 0.1) is 24.4 Å². The summed E-state index contributed by atoms with van der Waals surface area (Å²) in [6.45, 7) is 2.19. The van der Waals surface area contributed by atoms with Crippen LogP contribution in [0.25, 0.3) is 11.1 Å². The number of hydrogen-bond donors (Lipinski definition) is 2. The van der Waals surface area contributed by atoms with Crippen LogP contribution in [0, 0.1) is 6.92 Å². The van der Waals surface area contributed by atoms with Crippen molar-refractivity contribution in [3.05, 3.63) is 64.4 Å². The Hall–Kier alpha value is -3.85. The average molecular weight is 494 g/mol. The zero-order valence-corrected chi connectivity index (χ0v) is 20.2. The Morgan fingerprint density at radius 2 is 1.97 bits per heavy atom. The van der Waals surface area contributed by atoms with Gasteiger partial charge in [0.15, 0.2) is 0 Å². The topological polar surface area (TPSA) is 106 Å². The third kappa shape index (κ3) is 4.01. The lowest BCUT2D eigenvalue weighted by atomic mass is 10.0. The quantitative estimate of drug-likeness (QED) is 0.581. The zero-order valence-electron chi connectivity index (χ0n) is 19.5. The summed E-state index contributed by atoms with van der Waals surface area (Å²) in [5.74, 6) is -0.384. The van der Waals surface area contributed by atoms with E-state index >= 15 is 0 Å².